The summed E-state index contributed by atoms with van der Waals surface area (Å²) >= 11 is 4.73. The van der Waals surface area contributed by atoms with E-state index in [1.165, 1.54) is 11.3 Å². The number of ether oxygens (including phenoxy) is 2. The number of fused-ring (bicyclic) bond motifs is 1. The van der Waals surface area contributed by atoms with Crippen molar-refractivity contribution in [3.63, 3.8) is 0 Å². The van der Waals surface area contributed by atoms with Crippen LogP contribution in [0.1, 0.15) is 36.6 Å². The summed E-state index contributed by atoms with van der Waals surface area (Å²) in [5.74, 6) is 2.54. The number of aromatic nitrogens is 1. The topological polar surface area (TPSA) is 69.9 Å². The first-order valence-corrected chi connectivity index (χ1v) is 12.6. The number of allylic oxidation sites excluding steroid dienone is 1. The molecule has 0 saturated carbocycles. The Hall–Kier alpha value is -3.41. The van der Waals surface area contributed by atoms with Crippen molar-refractivity contribution in [2.45, 2.75) is 26.8 Å². The van der Waals surface area contributed by atoms with Crippen LogP contribution in [0.5, 0.6) is 5.75 Å². The van der Waals surface area contributed by atoms with Crippen molar-refractivity contribution in [3.05, 3.63) is 94.6 Å². The number of thiazole rings is 1. The van der Waals surface area contributed by atoms with Crippen molar-refractivity contribution in [2.24, 2.45) is 4.99 Å². The van der Waals surface area contributed by atoms with Gasteiger partial charge in [0.1, 0.15) is 12.4 Å². The molecule has 4 rings (SSSR count). The molecule has 1 aliphatic heterocycles. The Kier molecular flexibility index (Phi) is 7.39. The van der Waals surface area contributed by atoms with E-state index >= 15 is 0 Å². The lowest BCUT2D eigenvalue weighted by molar-refractivity contribution is -0.139. The van der Waals surface area contributed by atoms with Crippen LogP contribution in [0.3, 0.4) is 0 Å². The molecule has 8 heteroatoms. The molecule has 1 aliphatic rings. The molecule has 0 N–H and O–H groups in total. The smallest absolute Gasteiger partial charge is 0.338 e. The second kappa shape index (κ2) is 10.5. The van der Waals surface area contributed by atoms with Crippen LogP contribution < -0.4 is 19.6 Å². The van der Waals surface area contributed by atoms with Crippen LogP contribution in [0.15, 0.2) is 68.0 Å². The van der Waals surface area contributed by atoms with Gasteiger partial charge in [0.2, 0.25) is 0 Å². The Morgan fingerprint density at radius 1 is 1.26 bits per heavy atom. The molecular weight excluding hydrogens is 528 g/mol. The van der Waals surface area contributed by atoms with E-state index in [4.69, 9.17) is 15.9 Å². The van der Waals surface area contributed by atoms with Crippen LogP contribution >= 0.6 is 27.3 Å². The van der Waals surface area contributed by atoms with Gasteiger partial charge >= 0.3 is 5.97 Å². The van der Waals surface area contributed by atoms with E-state index in [-0.39, 0.29) is 18.8 Å². The molecular formula is C27H23BrN2O4S. The summed E-state index contributed by atoms with van der Waals surface area (Å²) < 4.78 is 13.9. The SMILES string of the molecule is C#CCOc1ccc(Br)cc1/C=c1\sc2n(c1=O)[C@H](c1ccc(C)cc1)C(C(=O)OCC)=C(C)N=2. The molecule has 2 aromatic carbocycles. The maximum absolute atomic E-state index is 13.7. The Morgan fingerprint density at radius 3 is 2.69 bits per heavy atom. The van der Waals surface area contributed by atoms with Gasteiger partial charge in [0, 0.05) is 10.0 Å². The van der Waals surface area contributed by atoms with Crippen LogP contribution in [0.25, 0.3) is 6.08 Å². The summed E-state index contributed by atoms with van der Waals surface area (Å²) in [5, 5.41) is 0. The van der Waals surface area contributed by atoms with Crippen LogP contribution in [0, 0.1) is 19.3 Å². The molecule has 3 aromatic rings. The quantitative estimate of drug-likeness (QED) is 0.345. The van der Waals surface area contributed by atoms with Gasteiger partial charge in [0.05, 0.1) is 28.5 Å². The zero-order chi connectivity index (χ0) is 25.1. The zero-order valence-corrected chi connectivity index (χ0v) is 21.9. The number of esters is 1. The number of aryl methyl sites for hydroxylation is 1. The number of hydrogen-bond donors (Lipinski definition) is 0. The summed E-state index contributed by atoms with van der Waals surface area (Å²) in [6.45, 7) is 5.84. The third-order valence-electron chi connectivity index (χ3n) is 5.48. The number of terminal acetylenes is 1. The van der Waals surface area contributed by atoms with E-state index in [0.29, 0.717) is 31.9 Å². The average molecular weight is 551 g/mol. The number of carbonyl (C=O) groups is 1. The lowest BCUT2D eigenvalue weighted by Crippen LogP contribution is -2.39. The number of nitrogens with zero attached hydrogens (tertiary/aromatic N) is 2. The molecule has 0 saturated heterocycles. The molecule has 6 nitrogen and oxygen atoms in total. The highest BCUT2D eigenvalue weighted by Gasteiger charge is 2.33. The van der Waals surface area contributed by atoms with Crippen LogP contribution in [0.4, 0.5) is 0 Å². The third-order valence-corrected chi connectivity index (χ3v) is 6.96. The highest BCUT2D eigenvalue weighted by atomic mass is 79.9. The molecule has 0 amide bonds. The van der Waals surface area contributed by atoms with Gasteiger partial charge < -0.3 is 9.47 Å². The van der Waals surface area contributed by atoms with Crippen molar-refractivity contribution < 1.29 is 14.3 Å². The van der Waals surface area contributed by atoms with E-state index in [1.807, 2.05) is 43.3 Å². The number of halogens is 1. The van der Waals surface area contributed by atoms with Crippen molar-refractivity contribution in [3.8, 4) is 18.1 Å². The number of carbonyl (C=O) groups excluding carboxylic acids is 1. The van der Waals surface area contributed by atoms with Gasteiger partial charge in [-0.1, -0.05) is 63.0 Å². The summed E-state index contributed by atoms with van der Waals surface area (Å²) in [5.41, 5.74) is 3.22. The van der Waals surface area contributed by atoms with Gasteiger partial charge in [-0.05, 0) is 50.6 Å². The second-order valence-corrected chi connectivity index (χ2v) is 9.81. The van der Waals surface area contributed by atoms with Crippen LogP contribution in [0.2, 0.25) is 0 Å². The Balaban J connectivity index is 1.94. The first-order chi connectivity index (χ1) is 16.8. The summed E-state index contributed by atoms with van der Waals surface area (Å²) in [4.78, 5) is 31.8. The fraction of sp³-hybridized carbons (Fsp3) is 0.222. The minimum Gasteiger partial charge on any atom is -0.480 e. The Bertz CT molecular complexity index is 1540. The van der Waals surface area contributed by atoms with Crippen molar-refractivity contribution in [1.29, 1.82) is 0 Å². The number of hydrogen-bond acceptors (Lipinski definition) is 6. The molecule has 0 radical (unpaired) electrons. The third kappa shape index (κ3) is 5.02. The average Bonchev–Trinajstić information content (AvgIpc) is 3.12. The lowest BCUT2D eigenvalue weighted by atomic mass is 9.95. The first kappa shape index (κ1) is 24.7. The first-order valence-electron chi connectivity index (χ1n) is 11.0. The maximum atomic E-state index is 13.7. The standard InChI is InChI=1S/C27H23BrN2O4S/c1-5-13-34-21-12-11-20(28)14-19(21)15-22-25(31)30-24(18-9-7-16(3)8-10-18)23(26(32)33-6-2)17(4)29-27(30)35-22/h1,7-12,14-15,24H,6,13H2,2-4H3/b22-15-/t24-/m1/s1. The molecule has 1 atom stereocenters. The van der Waals surface area contributed by atoms with E-state index in [1.54, 1.807) is 30.6 Å². The maximum Gasteiger partial charge on any atom is 0.338 e. The van der Waals surface area contributed by atoms with Gasteiger partial charge in [-0.3, -0.25) is 9.36 Å². The van der Waals surface area contributed by atoms with E-state index in [9.17, 15) is 9.59 Å². The van der Waals surface area contributed by atoms with Crippen molar-refractivity contribution in [2.75, 3.05) is 13.2 Å². The molecule has 178 valence electrons. The molecule has 0 unspecified atom stereocenters. The summed E-state index contributed by atoms with van der Waals surface area (Å²) in [6.07, 6.45) is 7.11. The van der Waals surface area contributed by atoms with Crippen molar-refractivity contribution in [1.82, 2.24) is 4.57 Å². The fourth-order valence-electron chi connectivity index (χ4n) is 3.88. The summed E-state index contributed by atoms with van der Waals surface area (Å²) in [7, 11) is 0. The van der Waals surface area contributed by atoms with E-state index < -0.39 is 12.0 Å². The van der Waals surface area contributed by atoms with E-state index in [2.05, 4.69) is 26.8 Å². The molecule has 2 heterocycles. The molecule has 0 aliphatic carbocycles. The zero-order valence-electron chi connectivity index (χ0n) is 19.5. The molecule has 1 aromatic heterocycles. The highest BCUT2D eigenvalue weighted by Crippen LogP contribution is 2.31. The van der Waals surface area contributed by atoms with Crippen LogP contribution in [-0.2, 0) is 9.53 Å². The van der Waals surface area contributed by atoms with Crippen molar-refractivity contribution >= 4 is 39.3 Å². The predicted octanol–water partition coefficient (Wildman–Crippen LogP) is 3.88. The number of rotatable bonds is 6. The monoisotopic (exact) mass is 550 g/mol. The fourth-order valence-corrected chi connectivity index (χ4v) is 5.30. The minimum absolute atomic E-state index is 0.110. The van der Waals surface area contributed by atoms with Gasteiger partial charge in [-0.25, -0.2) is 9.79 Å². The Labute approximate surface area is 215 Å². The minimum atomic E-state index is -0.646. The van der Waals surface area contributed by atoms with E-state index in [0.717, 1.165) is 15.6 Å². The summed E-state index contributed by atoms with van der Waals surface area (Å²) in [6, 6.07) is 12.6. The molecule has 0 bridgehead atoms. The number of benzene rings is 2. The lowest BCUT2D eigenvalue weighted by Gasteiger charge is -2.24. The normalized spacial score (nSPS) is 15.3. The van der Waals surface area contributed by atoms with Gasteiger partial charge in [0.25, 0.3) is 5.56 Å². The largest absolute Gasteiger partial charge is 0.480 e. The predicted molar refractivity (Wildman–Crippen MR) is 140 cm³/mol. The van der Waals surface area contributed by atoms with Gasteiger partial charge in [-0.2, -0.15) is 0 Å². The van der Waals surface area contributed by atoms with Crippen LogP contribution in [-0.4, -0.2) is 23.8 Å². The Morgan fingerprint density at radius 2 is 2.00 bits per heavy atom. The molecule has 35 heavy (non-hydrogen) atoms. The van der Waals surface area contributed by atoms with Gasteiger partial charge in [-0.15, -0.1) is 6.42 Å². The highest BCUT2D eigenvalue weighted by molar-refractivity contribution is 9.10. The van der Waals surface area contributed by atoms with Gasteiger partial charge in [0.15, 0.2) is 4.80 Å². The second-order valence-electron chi connectivity index (χ2n) is 7.89. The molecule has 0 fully saturated rings. The molecule has 0 spiro atoms.